The Labute approximate surface area is 185 Å². The Kier molecular flexibility index (Phi) is 6.41. The minimum absolute atomic E-state index is 0.203. The van der Waals surface area contributed by atoms with Crippen LogP contribution >= 0.6 is 0 Å². The number of hydrogen-bond donors (Lipinski definition) is 2. The molecule has 2 N–H and O–H groups in total. The van der Waals surface area contributed by atoms with Crippen molar-refractivity contribution in [2.45, 2.75) is 20.0 Å². The van der Waals surface area contributed by atoms with Crippen molar-refractivity contribution in [2.24, 2.45) is 0 Å². The lowest BCUT2D eigenvalue weighted by molar-refractivity contribution is 0.0744. The number of pyridine rings is 1. The Balaban J connectivity index is 1.43. The molecule has 0 aliphatic rings. The van der Waals surface area contributed by atoms with Gasteiger partial charge in [-0.3, -0.25) is 9.78 Å². The van der Waals surface area contributed by atoms with E-state index in [2.05, 4.69) is 20.8 Å². The Hall–Kier alpha value is -4.20. The molecule has 0 bridgehead atoms. The van der Waals surface area contributed by atoms with E-state index in [9.17, 15) is 9.59 Å². The molecule has 8 heteroatoms. The van der Waals surface area contributed by atoms with E-state index in [1.807, 2.05) is 49.4 Å². The molecule has 0 radical (unpaired) electrons. The largest absolute Gasteiger partial charge is 0.355 e. The molecule has 3 amide bonds. The summed E-state index contributed by atoms with van der Waals surface area (Å²) in [6.07, 6.45) is 3.34. The normalized spacial score (nSPS) is 10.7. The molecule has 4 rings (SSSR count). The number of rotatable bonds is 7. The average molecular weight is 429 g/mol. The van der Waals surface area contributed by atoms with Crippen LogP contribution in [-0.4, -0.2) is 33.5 Å². The van der Waals surface area contributed by atoms with Crippen LogP contribution in [0.15, 0.2) is 77.6 Å². The fraction of sp³-hybridized carbons (Fsp3) is 0.167. The number of urea groups is 1. The Morgan fingerprint density at radius 3 is 2.53 bits per heavy atom. The summed E-state index contributed by atoms with van der Waals surface area (Å²) in [5, 5.41) is 10.1. The van der Waals surface area contributed by atoms with Crippen molar-refractivity contribution < 1.29 is 14.1 Å². The van der Waals surface area contributed by atoms with Crippen LogP contribution in [0.2, 0.25) is 0 Å². The third-order valence-electron chi connectivity index (χ3n) is 5.02. The Morgan fingerprint density at radius 2 is 1.78 bits per heavy atom. The summed E-state index contributed by atoms with van der Waals surface area (Å²) in [6.45, 7) is 3.34. The summed E-state index contributed by atoms with van der Waals surface area (Å²) in [6, 6.07) is 18.2. The van der Waals surface area contributed by atoms with E-state index in [0.29, 0.717) is 36.3 Å². The molecule has 2 aromatic heterocycles. The molecular formula is C24H23N5O3. The monoisotopic (exact) mass is 429 g/mol. The molecule has 0 spiro atoms. The molecule has 162 valence electrons. The summed E-state index contributed by atoms with van der Waals surface area (Å²) in [7, 11) is 0. The maximum Gasteiger partial charge on any atom is 0.319 e. The van der Waals surface area contributed by atoms with Crippen LogP contribution < -0.4 is 10.6 Å². The quantitative estimate of drug-likeness (QED) is 0.458. The minimum Gasteiger partial charge on any atom is -0.355 e. The van der Waals surface area contributed by atoms with Gasteiger partial charge in [0.25, 0.3) is 5.91 Å². The van der Waals surface area contributed by atoms with Crippen molar-refractivity contribution >= 4 is 28.6 Å². The molecule has 0 aliphatic heterocycles. The van der Waals surface area contributed by atoms with Gasteiger partial charge in [-0.25, -0.2) is 4.79 Å². The molecule has 0 atom stereocenters. The van der Waals surface area contributed by atoms with Gasteiger partial charge in [-0.2, -0.15) is 0 Å². The topological polar surface area (TPSA) is 100 Å². The highest BCUT2D eigenvalue weighted by molar-refractivity contribution is 6.05. The predicted molar refractivity (Wildman–Crippen MR) is 121 cm³/mol. The van der Waals surface area contributed by atoms with Gasteiger partial charge in [-0.15, -0.1) is 0 Å². The van der Waals surface area contributed by atoms with Crippen LogP contribution in [0.5, 0.6) is 0 Å². The van der Waals surface area contributed by atoms with Crippen molar-refractivity contribution in [1.29, 1.82) is 0 Å². The smallest absolute Gasteiger partial charge is 0.319 e. The van der Waals surface area contributed by atoms with Crippen LogP contribution in [-0.2, 0) is 13.1 Å². The van der Waals surface area contributed by atoms with Gasteiger partial charge in [-0.1, -0.05) is 35.5 Å². The van der Waals surface area contributed by atoms with E-state index in [1.165, 1.54) is 0 Å². The van der Waals surface area contributed by atoms with Crippen molar-refractivity contribution in [1.82, 2.24) is 20.4 Å². The van der Waals surface area contributed by atoms with Crippen molar-refractivity contribution in [3.63, 3.8) is 0 Å². The van der Waals surface area contributed by atoms with E-state index in [1.54, 1.807) is 35.5 Å². The highest BCUT2D eigenvalue weighted by Gasteiger charge is 2.22. The molecule has 0 unspecified atom stereocenters. The first-order valence-electron chi connectivity index (χ1n) is 10.3. The number of amides is 3. The second kappa shape index (κ2) is 9.74. The number of nitrogens with one attached hydrogen (secondary N) is 2. The van der Waals surface area contributed by atoms with E-state index in [4.69, 9.17) is 4.52 Å². The predicted octanol–water partition coefficient (Wildman–Crippen LogP) is 4.21. The van der Waals surface area contributed by atoms with Crippen LogP contribution in [0, 0.1) is 0 Å². The SMILES string of the molecule is CCN(Cc1ccccc1)C(=O)c1noc2cc(NC(=O)NCc3ccncc3)ccc12. The van der Waals surface area contributed by atoms with E-state index in [-0.39, 0.29) is 17.6 Å². The zero-order valence-corrected chi connectivity index (χ0v) is 17.6. The number of benzene rings is 2. The van der Waals surface area contributed by atoms with E-state index < -0.39 is 0 Å². The summed E-state index contributed by atoms with van der Waals surface area (Å²) in [4.78, 5) is 30.9. The van der Waals surface area contributed by atoms with E-state index >= 15 is 0 Å². The lowest BCUT2D eigenvalue weighted by Crippen LogP contribution is -2.30. The van der Waals surface area contributed by atoms with Crippen LogP contribution in [0.4, 0.5) is 10.5 Å². The van der Waals surface area contributed by atoms with Crippen LogP contribution in [0.1, 0.15) is 28.5 Å². The first-order chi connectivity index (χ1) is 15.6. The molecule has 8 nitrogen and oxygen atoms in total. The number of fused-ring (bicyclic) bond motifs is 1. The molecule has 4 aromatic rings. The van der Waals surface area contributed by atoms with Crippen molar-refractivity contribution in [3.05, 3.63) is 89.9 Å². The molecule has 0 aliphatic carbocycles. The molecule has 0 fully saturated rings. The number of anilines is 1. The summed E-state index contributed by atoms with van der Waals surface area (Å²) < 4.78 is 5.39. The highest BCUT2D eigenvalue weighted by atomic mass is 16.5. The minimum atomic E-state index is -0.350. The van der Waals surface area contributed by atoms with Crippen molar-refractivity contribution in [3.8, 4) is 0 Å². The zero-order valence-electron chi connectivity index (χ0n) is 17.6. The van der Waals surface area contributed by atoms with Gasteiger partial charge >= 0.3 is 6.03 Å². The lowest BCUT2D eigenvalue weighted by atomic mass is 10.1. The summed E-state index contributed by atoms with van der Waals surface area (Å²) in [5.41, 5.74) is 3.21. The maximum atomic E-state index is 13.1. The molecule has 2 heterocycles. The fourth-order valence-electron chi connectivity index (χ4n) is 3.31. The third-order valence-corrected chi connectivity index (χ3v) is 5.02. The van der Waals surface area contributed by atoms with E-state index in [0.717, 1.165) is 11.1 Å². The summed E-state index contributed by atoms with van der Waals surface area (Å²) >= 11 is 0. The highest BCUT2D eigenvalue weighted by Crippen LogP contribution is 2.24. The number of carbonyl (C=O) groups excluding carboxylic acids is 2. The van der Waals surface area contributed by atoms with Gasteiger partial charge in [0.05, 0.1) is 5.39 Å². The number of aromatic nitrogens is 2. The number of carbonyl (C=O) groups is 2. The van der Waals surface area contributed by atoms with Gasteiger partial charge in [0, 0.05) is 43.8 Å². The first kappa shape index (κ1) is 21.0. The lowest BCUT2D eigenvalue weighted by Gasteiger charge is -2.19. The molecular weight excluding hydrogens is 406 g/mol. The molecule has 0 saturated carbocycles. The first-order valence-corrected chi connectivity index (χ1v) is 10.3. The van der Waals surface area contributed by atoms with Crippen LogP contribution in [0.25, 0.3) is 11.0 Å². The number of nitrogens with zero attached hydrogens (tertiary/aromatic N) is 3. The molecule has 32 heavy (non-hydrogen) atoms. The Morgan fingerprint density at radius 1 is 1.00 bits per heavy atom. The van der Waals surface area contributed by atoms with Gasteiger partial charge < -0.3 is 20.1 Å². The second-order valence-corrected chi connectivity index (χ2v) is 7.21. The van der Waals surface area contributed by atoms with Crippen LogP contribution in [0.3, 0.4) is 0 Å². The van der Waals surface area contributed by atoms with Gasteiger partial charge in [0.2, 0.25) is 0 Å². The number of hydrogen-bond acceptors (Lipinski definition) is 5. The van der Waals surface area contributed by atoms with Gasteiger partial charge in [0.1, 0.15) is 0 Å². The summed E-state index contributed by atoms with van der Waals surface area (Å²) in [5.74, 6) is -0.203. The van der Waals surface area contributed by atoms with Crippen molar-refractivity contribution in [2.75, 3.05) is 11.9 Å². The average Bonchev–Trinajstić information content (AvgIpc) is 3.25. The maximum absolute atomic E-state index is 13.1. The zero-order chi connectivity index (χ0) is 22.3. The standard InChI is InChI=1S/C24H23N5O3/c1-2-29(16-18-6-4-3-5-7-18)23(30)22-20-9-8-19(14-21(20)32-28-22)27-24(31)26-15-17-10-12-25-13-11-17/h3-14H,2,15-16H2,1H3,(H2,26,27,31). The molecule has 2 aromatic carbocycles. The van der Waals surface area contributed by atoms with Gasteiger partial charge in [-0.05, 0) is 42.3 Å². The Bertz CT molecular complexity index is 1210. The fourth-order valence-corrected chi connectivity index (χ4v) is 3.31. The second-order valence-electron chi connectivity index (χ2n) is 7.21. The molecule has 0 saturated heterocycles. The van der Waals surface area contributed by atoms with Gasteiger partial charge in [0.15, 0.2) is 11.3 Å². The third kappa shape index (κ3) is 4.92.